The average Bonchev–Trinajstić information content (AvgIpc) is 3.00. The number of halogens is 4. The smallest absolute Gasteiger partial charge is 0.417 e. The standard InChI is InChI=1S/C16H10F4N4O2S/c17-9-3-8(11(25)4-12(9)26)14(21)27-15(22)10-6-24-5-7(16(18,19)20)1-2-13(24)23-10/h1-6,21-22,25-26H. The van der Waals surface area contributed by atoms with E-state index in [-0.39, 0.29) is 21.9 Å². The fourth-order valence-corrected chi connectivity index (χ4v) is 2.89. The number of rotatable bonds is 2. The molecule has 11 heteroatoms. The molecule has 0 saturated heterocycles. The van der Waals surface area contributed by atoms with Gasteiger partial charge in [-0.2, -0.15) is 13.2 Å². The zero-order valence-electron chi connectivity index (χ0n) is 13.2. The number of alkyl halides is 3. The van der Waals surface area contributed by atoms with Crippen molar-refractivity contribution in [3.05, 3.63) is 59.3 Å². The van der Waals surface area contributed by atoms with Gasteiger partial charge in [-0.3, -0.25) is 10.8 Å². The highest BCUT2D eigenvalue weighted by molar-refractivity contribution is 8.27. The van der Waals surface area contributed by atoms with Crippen molar-refractivity contribution in [3.8, 4) is 11.5 Å². The molecule has 0 radical (unpaired) electrons. The molecule has 6 nitrogen and oxygen atoms in total. The lowest BCUT2D eigenvalue weighted by Gasteiger charge is -2.07. The number of nitrogens with zero attached hydrogens (tertiary/aromatic N) is 2. The third-order valence-electron chi connectivity index (χ3n) is 3.52. The SMILES string of the molecule is N=C(SC(=N)c1cc(F)c(O)cc1O)c1cn2cc(C(F)(F)F)ccc2n1. The summed E-state index contributed by atoms with van der Waals surface area (Å²) in [5.74, 6) is -2.39. The Labute approximate surface area is 153 Å². The number of aromatic nitrogens is 2. The summed E-state index contributed by atoms with van der Waals surface area (Å²) >= 11 is 0.520. The van der Waals surface area contributed by atoms with E-state index in [1.165, 1.54) is 6.20 Å². The van der Waals surface area contributed by atoms with Crippen molar-refractivity contribution in [2.24, 2.45) is 0 Å². The Bertz CT molecular complexity index is 1080. The van der Waals surface area contributed by atoms with E-state index in [9.17, 15) is 27.8 Å². The Morgan fingerprint density at radius 3 is 2.41 bits per heavy atom. The van der Waals surface area contributed by atoms with Crippen molar-refractivity contribution >= 4 is 27.5 Å². The second-order valence-electron chi connectivity index (χ2n) is 5.39. The second-order valence-corrected chi connectivity index (χ2v) is 6.41. The molecular formula is C16H10F4N4O2S. The predicted octanol–water partition coefficient (Wildman–Crippen LogP) is 3.99. The predicted molar refractivity (Wildman–Crippen MR) is 91.2 cm³/mol. The van der Waals surface area contributed by atoms with Crippen LogP contribution < -0.4 is 0 Å². The summed E-state index contributed by atoms with van der Waals surface area (Å²) in [5, 5.41) is 34.1. The number of nitrogens with one attached hydrogen (secondary N) is 2. The molecule has 0 saturated carbocycles. The number of hydrogen-bond donors (Lipinski definition) is 4. The zero-order valence-corrected chi connectivity index (χ0v) is 14.0. The topological polar surface area (TPSA) is 105 Å². The molecule has 0 aliphatic heterocycles. The number of hydrogen-bond acceptors (Lipinski definition) is 6. The van der Waals surface area contributed by atoms with Crippen molar-refractivity contribution < 1.29 is 27.8 Å². The van der Waals surface area contributed by atoms with Gasteiger partial charge in [0.15, 0.2) is 11.6 Å². The minimum Gasteiger partial charge on any atom is -0.507 e. The Kier molecular flexibility index (Phi) is 4.56. The van der Waals surface area contributed by atoms with Gasteiger partial charge in [-0.05, 0) is 30.0 Å². The molecule has 3 aromatic rings. The number of thioether (sulfide) groups is 1. The van der Waals surface area contributed by atoms with Gasteiger partial charge in [-0.25, -0.2) is 9.37 Å². The average molecular weight is 398 g/mol. The molecule has 0 aliphatic carbocycles. The van der Waals surface area contributed by atoms with Gasteiger partial charge in [0.05, 0.1) is 11.1 Å². The molecule has 140 valence electrons. The van der Waals surface area contributed by atoms with Gasteiger partial charge in [-0.15, -0.1) is 0 Å². The summed E-state index contributed by atoms with van der Waals surface area (Å²) in [6, 6.07) is 3.48. The van der Waals surface area contributed by atoms with Crippen LogP contribution in [-0.2, 0) is 6.18 Å². The van der Waals surface area contributed by atoms with Crippen LogP contribution in [0.1, 0.15) is 16.8 Å². The molecule has 0 aliphatic rings. The van der Waals surface area contributed by atoms with Gasteiger partial charge < -0.3 is 14.6 Å². The highest BCUT2D eigenvalue weighted by Gasteiger charge is 2.31. The van der Waals surface area contributed by atoms with Gasteiger partial charge in [-0.1, -0.05) is 0 Å². The zero-order chi connectivity index (χ0) is 19.9. The molecule has 27 heavy (non-hydrogen) atoms. The van der Waals surface area contributed by atoms with E-state index in [2.05, 4.69) is 4.98 Å². The maximum atomic E-state index is 13.4. The fraction of sp³-hybridized carbons (Fsp3) is 0.0625. The molecule has 2 aromatic heterocycles. The highest BCUT2D eigenvalue weighted by atomic mass is 32.2. The van der Waals surface area contributed by atoms with E-state index in [4.69, 9.17) is 10.8 Å². The molecule has 2 heterocycles. The van der Waals surface area contributed by atoms with E-state index in [0.29, 0.717) is 11.8 Å². The van der Waals surface area contributed by atoms with Crippen LogP contribution in [0.5, 0.6) is 11.5 Å². The summed E-state index contributed by atoms with van der Waals surface area (Å²) in [6.07, 6.45) is -2.50. The van der Waals surface area contributed by atoms with E-state index in [1.807, 2.05) is 0 Å². The van der Waals surface area contributed by atoms with Crippen LogP contribution in [0, 0.1) is 16.6 Å². The number of phenolic OH excluding ortho intramolecular Hbond substituents is 2. The lowest BCUT2D eigenvalue weighted by Crippen LogP contribution is -2.05. The normalized spacial score (nSPS) is 11.7. The Hall–Kier alpha value is -3.08. The first-order chi connectivity index (χ1) is 12.6. The van der Waals surface area contributed by atoms with E-state index in [1.54, 1.807) is 0 Å². The largest absolute Gasteiger partial charge is 0.507 e. The quantitative estimate of drug-likeness (QED) is 0.298. The molecule has 0 spiro atoms. The van der Waals surface area contributed by atoms with Gasteiger partial charge in [0.1, 0.15) is 27.2 Å². The van der Waals surface area contributed by atoms with E-state index >= 15 is 0 Å². The van der Waals surface area contributed by atoms with Crippen molar-refractivity contribution in [2.45, 2.75) is 6.18 Å². The number of imidazole rings is 1. The number of pyridine rings is 1. The van der Waals surface area contributed by atoms with Gasteiger partial charge in [0, 0.05) is 18.5 Å². The van der Waals surface area contributed by atoms with E-state index < -0.39 is 34.1 Å². The Balaban J connectivity index is 1.86. The number of fused-ring (bicyclic) bond motifs is 1. The third kappa shape index (κ3) is 3.72. The minimum atomic E-state index is -4.52. The maximum Gasteiger partial charge on any atom is 0.417 e. The molecule has 0 fully saturated rings. The first-order valence-corrected chi connectivity index (χ1v) is 8.01. The highest BCUT2D eigenvalue weighted by Crippen LogP contribution is 2.31. The van der Waals surface area contributed by atoms with Crippen LogP contribution in [-0.4, -0.2) is 29.7 Å². The van der Waals surface area contributed by atoms with Gasteiger partial charge in [0.2, 0.25) is 0 Å². The number of aromatic hydroxyl groups is 2. The second kappa shape index (κ2) is 6.58. The van der Waals surface area contributed by atoms with Crippen LogP contribution in [0.2, 0.25) is 0 Å². The summed E-state index contributed by atoms with van der Waals surface area (Å²) < 4.78 is 52.8. The Morgan fingerprint density at radius 2 is 1.74 bits per heavy atom. The summed E-state index contributed by atoms with van der Waals surface area (Å²) in [7, 11) is 0. The lowest BCUT2D eigenvalue weighted by atomic mass is 10.2. The maximum absolute atomic E-state index is 13.4. The van der Waals surface area contributed by atoms with Crippen LogP contribution >= 0.6 is 11.8 Å². The van der Waals surface area contributed by atoms with Crippen LogP contribution in [0.25, 0.3) is 5.65 Å². The molecule has 1 aromatic carbocycles. The van der Waals surface area contributed by atoms with Crippen LogP contribution in [0.15, 0.2) is 36.7 Å². The van der Waals surface area contributed by atoms with Gasteiger partial charge >= 0.3 is 6.18 Å². The molecule has 0 amide bonds. The van der Waals surface area contributed by atoms with Crippen LogP contribution in [0.4, 0.5) is 17.6 Å². The molecule has 4 N–H and O–H groups in total. The Morgan fingerprint density at radius 1 is 1.04 bits per heavy atom. The molecule has 0 bridgehead atoms. The number of benzene rings is 1. The lowest BCUT2D eigenvalue weighted by molar-refractivity contribution is -0.137. The molecule has 0 unspecified atom stereocenters. The van der Waals surface area contributed by atoms with Crippen molar-refractivity contribution in [2.75, 3.05) is 0 Å². The molecule has 0 atom stereocenters. The van der Waals surface area contributed by atoms with Gasteiger partial charge in [0.25, 0.3) is 0 Å². The van der Waals surface area contributed by atoms with Crippen molar-refractivity contribution in [1.82, 2.24) is 9.38 Å². The van der Waals surface area contributed by atoms with Crippen molar-refractivity contribution in [3.63, 3.8) is 0 Å². The summed E-state index contributed by atoms with van der Waals surface area (Å²) in [6.45, 7) is 0. The fourth-order valence-electron chi connectivity index (χ4n) is 2.21. The monoisotopic (exact) mass is 398 g/mol. The van der Waals surface area contributed by atoms with Crippen molar-refractivity contribution in [1.29, 1.82) is 10.8 Å². The first kappa shape index (κ1) is 18.7. The number of phenols is 2. The van der Waals surface area contributed by atoms with Crippen LogP contribution in [0.3, 0.4) is 0 Å². The minimum absolute atomic E-state index is 0.00261. The van der Waals surface area contributed by atoms with E-state index in [0.717, 1.165) is 34.9 Å². The molecule has 3 rings (SSSR count). The third-order valence-corrected chi connectivity index (χ3v) is 4.36. The summed E-state index contributed by atoms with van der Waals surface area (Å²) in [4.78, 5) is 4.01. The molecular weight excluding hydrogens is 388 g/mol. The first-order valence-electron chi connectivity index (χ1n) is 7.19. The summed E-state index contributed by atoms with van der Waals surface area (Å²) in [5.41, 5.74) is -0.949.